The number of nitrogens with one attached hydrogen (secondary N) is 2. The van der Waals surface area contributed by atoms with Gasteiger partial charge < -0.3 is 30.0 Å². The standard InChI is InChI=1S/C19H25N3O3.C16H19N3O3/c1-13(2)24-18-11-20-19(21-12-18)25-17-9-7-16(8-10-17)6-5-14(3)22-15(4)23;1-11(19-12(2)20)3-4-13-5-7-15(8-6-13)22-16-17-9-14(21)10-18-16/h7-14H,5-6H2,1-4H3,(H,22,23);5-11,21H,3-4H2,1-2H3,(H,19,20). The van der Waals surface area contributed by atoms with Crippen molar-refractivity contribution in [1.82, 2.24) is 30.6 Å². The Morgan fingerprint density at radius 3 is 1.38 bits per heavy atom. The van der Waals surface area contributed by atoms with Crippen molar-refractivity contribution in [2.24, 2.45) is 0 Å². The summed E-state index contributed by atoms with van der Waals surface area (Å²) in [6, 6.07) is 16.2. The van der Waals surface area contributed by atoms with E-state index in [4.69, 9.17) is 19.3 Å². The monoisotopic (exact) mass is 644 g/mol. The fourth-order valence-electron chi connectivity index (χ4n) is 4.32. The molecule has 0 spiro atoms. The summed E-state index contributed by atoms with van der Waals surface area (Å²) < 4.78 is 16.6. The van der Waals surface area contributed by atoms with Crippen molar-refractivity contribution in [3.05, 3.63) is 84.4 Å². The average molecular weight is 645 g/mol. The Morgan fingerprint density at radius 2 is 1.02 bits per heavy atom. The maximum absolute atomic E-state index is 11.0. The van der Waals surface area contributed by atoms with Crippen molar-refractivity contribution < 1.29 is 28.9 Å². The van der Waals surface area contributed by atoms with Crippen LogP contribution in [-0.4, -0.2) is 55.0 Å². The minimum atomic E-state index is -0.00912. The molecule has 3 N–H and O–H groups in total. The third-order valence-corrected chi connectivity index (χ3v) is 6.49. The van der Waals surface area contributed by atoms with Gasteiger partial charge in [0, 0.05) is 25.9 Å². The Bertz CT molecular complexity index is 1510. The molecule has 0 bridgehead atoms. The molecule has 4 rings (SSSR count). The molecule has 0 fully saturated rings. The van der Waals surface area contributed by atoms with Gasteiger partial charge >= 0.3 is 12.0 Å². The summed E-state index contributed by atoms with van der Waals surface area (Å²) >= 11 is 0. The molecular weight excluding hydrogens is 600 g/mol. The molecule has 250 valence electrons. The van der Waals surface area contributed by atoms with E-state index in [1.54, 1.807) is 12.4 Å². The van der Waals surface area contributed by atoms with Crippen molar-refractivity contribution in [3.63, 3.8) is 0 Å². The van der Waals surface area contributed by atoms with Crippen LogP contribution in [0.2, 0.25) is 0 Å². The van der Waals surface area contributed by atoms with E-state index in [1.807, 2.05) is 76.2 Å². The topological polar surface area (TPSA) is 158 Å². The highest BCUT2D eigenvalue weighted by atomic mass is 16.5. The van der Waals surface area contributed by atoms with Gasteiger partial charge in [0.05, 0.1) is 30.9 Å². The second-order valence-corrected chi connectivity index (χ2v) is 11.4. The Kier molecular flexibility index (Phi) is 14.4. The molecule has 2 amide bonds. The molecule has 0 aliphatic heterocycles. The third-order valence-electron chi connectivity index (χ3n) is 6.49. The second-order valence-electron chi connectivity index (χ2n) is 11.4. The molecule has 47 heavy (non-hydrogen) atoms. The highest BCUT2D eigenvalue weighted by molar-refractivity contribution is 5.73. The largest absolute Gasteiger partial charge is 0.505 e. The number of carbonyl (C=O) groups is 2. The van der Waals surface area contributed by atoms with Crippen LogP contribution in [-0.2, 0) is 22.4 Å². The number of aromatic nitrogens is 4. The maximum Gasteiger partial charge on any atom is 0.322 e. The van der Waals surface area contributed by atoms with E-state index in [2.05, 4.69) is 30.6 Å². The number of nitrogens with zero attached hydrogens (tertiary/aromatic N) is 4. The second kappa shape index (κ2) is 18.6. The summed E-state index contributed by atoms with van der Waals surface area (Å²) in [6.45, 7) is 10.9. The fraction of sp³-hybridized carbons (Fsp3) is 0.371. The van der Waals surface area contributed by atoms with Gasteiger partial charge in [-0.3, -0.25) is 9.59 Å². The highest BCUT2D eigenvalue weighted by Crippen LogP contribution is 2.21. The molecule has 2 aromatic carbocycles. The van der Waals surface area contributed by atoms with Gasteiger partial charge in [-0.1, -0.05) is 24.3 Å². The van der Waals surface area contributed by atoms with Crippen LogP contribution in [0.25, 0.3) is 0 Å². The van der Waals surface area contributed by atoms with Crippen molar-refractivity contribution >= 4 is 11.8 Å². The number of rotatable bonds is 14. The molecule has 2 heterocycles. The van der Waals surface area contributed by atoms with Gasteiger partial charge in [0.1, 0.15) is 11.5 Å². The van der Waals surface area contributed by atoms with Gasteiger partial charge in [-0.2, -0.15) is 19.9 Å². The van der Waals surface area contributed by atoms with E-state index < -0.39 is 0 Å². The van der Waals surface area contributed by atoms with Gasteiger partial charge in [0.15, 0.2) is 11.5 Å². The number of aromatic hydroxyl groups is 1. The lowest BCUT2D eigenvalue weighted by Gasteiger charge is -2.12. The van der Waals surface area contributed by atoms with Crippen molar-refractivity contribution in [1.29, 1.82) is 0 Å². The predicted molar refractivity (Wildman–Crippen MR) is 178 cm³/mol. The van der Waals surface area contributed by atoms with Crippen molar-refractivity contribution in [2.45, 2.75) is 85.4 Å². The summed E-state index contributed by atoms with van der Waals surface area (Å²) in [5, 5.41) is 14.9. The Balaban J connectivity index is 0.000000257. The quantitative estimate of drug-likeness (QED) is 0.150. The lowest BCUT2D eigenvalue weighted by atomic mass is 10.1. The molecule has 4 aromatic rings. The van der Waals surface area contributed by atoms with Crippen LogP contribution in [0.3, 0.4) is 0 Å². The molecule has 0 aliphatic rings. The maximum atomic E-state index is 11.0. The Labute approximate surface area is 276 Å². The van der Waals surface area contributed by atoms with Gasteiger partial charge in [-0.15, -0.1) is 0 Å². The summed E-state index contributed by atoms with van der Waals surface area (Å²) in [7, 11) is 0. The molecule has 2 atom stereocenters. The zero-order valence-electron chi connectivity index (χ0n) is 27.8. The number of benzene rings is 2. The first kappa shape index (κ1) is 36.2. The van der Waals surface area contributed by atoms with Crippen LogP contribution in [0.1, 0.15) is 65.5 Å². The van der Waals surface area contributed by atoms with Crippen LogP contribution in [0.15, 0.2) is 73.3 Å². The molecule has 12 heteroatoms. The fourth-order valence-corrected chi connectivity index (χ4v) is 4.32. The molecule has 12 nitrogen and oxygen atoms in total. The SMILES string of the molecule is CC(=O)NC(C)CCc1ccc(Oc2ncc(O)cn2)cc1.CC(=O)NC(C)CCc1ccc(Oc2ncc(OC(C)C)cn2)cc1. The first-order chi connectivity index (χ1) is 22.4. The van der Waals surface area contributed by atoms with E-state index in [-0.39, 0.29) is 47.8 Å². The molecular formula is C35H44N6O6. The number of ether oxygens (including phenoxy) is 3. The highest BCUT2D eigenvalue weighted by Gasteiger charge is 2.07. The minimum Gasteiger partial charge on any atom is -0.505 e. The van der Waals surface area contributed by atoms with E-state index >= 15 is 0 Å². The lowest BCUT2D eigenvalue weighted by Crippen LogP contribution is -2.30. The minimum absolute atomic E-state index is 0.000982. The first-order valence-electron chi connectivity index (χ1n) is 15.5. The molecule has 2 unspecified atom stereocenters. The Morgan fingerprint density at radius 1 is 0.638 bits per heavy atom. The molecule has 0 saturated carbocycles. The van der Waals surface area contributed by atoms with Crippen LogP contribution in [0.4, 0.5) is 0 Å². The average Bonchev–Trinajstić information content (AvgIpc) is 3.02. The van der Waals surface area contributed by atoms with Crippen LogP contribution in [0.5, 0.6) is 35.0 Å². The number of carbonyl (C=O) groups excluding carboxylic acids is 2. The first-order valence-corrected chi connectivity index (χ1v) is 15.5. The van der Waals surface area contributed by atoms with Gasteiger partial charge in [-0.05, 0) is 88.8 Å². The smallest absolute Gasteiger partial charge is 0.322 e. The number of aryl methyl sites for hydroxylation is 2. The Hall–Kier alpha value is -5.26. The number of amides is 2. The summed E-state index contributed by atoms with van der Waals surface area (Å²) in [6.07, 6.45) is 9.36. The normalized spacial score (nSPS) is 11.8. The molecule has 0 aliphatic carbocycles. The third kappa shape index (κ3) is 14.6. The van der Waals surface area contributed by atoms with Crippen LogP contribution < -0.4 is 24.8 Å². The van der Waals surface area contributed by atoms with Gasteiger partial charge in [0.25, 0.3) is 0 Å². The zero-order valence-corrected chi connectivity index (χ0v) is 27.8. The molecule has 2 aromatic heterocycles. The number of hydrogen-bond acceptors (Lipinski definition) is 10. The van der Waals surface area contributed by atoms with Crippen LogP contribution in [0, 0.1) is 0 Å². The molecule has 0 saturated heterocycles. The molecule has 0 radical (unpaired) electrons. The van der Waals surface area contributed by atoms with Crippen molar-refractivity contribution in [2.75, 3.05) is 0 Å². The van der Waals surface area contributed by atoms with E-state index in [9.17, 15) is 9.59 Å². The van der Waals surface area contributed by atoms with E-state index in [0.717, 1.165) is 31.2 Å². The number of hydrogen-bond donors (Lipinski definition) is 3. The van der Waals surface area contributed by atoms with Gasteiger partial charge in [0.2, 0.25) is 11.8 Å². The van der Waals surface area contributed by atoms with E-state index in [1.165, 1.54) is 31.8 Å². The summed E-state index contributed by atoms with van der Waals surface area (Å²) in [4.78, 5) is 38.0. The van der Waals surface area contributed by atoms with Crippen molar-refractivity contribution in [3.8, 4) is 35.0 Å². The van der Waals surface area contributed by atoms with E-state index in [0.29, 0.717) is 17.2 Å². The lowest BCUT2D eigenvalue weighted by molar-refractivity contribution is -0.120. The summed E-state index contributed by atoms with van der Waals surface area (Å²) in [5.74, 6) is 1.91. The predicted octanol–water partition coefficient (Wildman–Crippen LogP) is 5.95. The van der Waals surface area contributed by atoms with Crippen LogP contribution >= 0.6 is 0 Å². The van der Waals surface area contributed by atoms with Gasteiger partial charge in [-0.25, -0.2) is 0 Å². The zero-order chi connectivity index (χ0) is 34.2. The summed E-state index contributed by atoms with van der Waals surface area (Å²) in [5.41, 5.74) is 2.35.